The van der Waals surface area contributed by atoms with Crippen molar-refractivity contribution in [1.82, 2.24) is 4.57 Å². The van der Waals surface area contributed by atoms with Crippen LogP contribution in [0.1, 0.15) is 22.3 Å². The molecule has 1 aromatic heterocycles. The van der Waals surface area contributed by atoms with Gasteiger partial charge in [-0.05, 0) is 139 Å². The van der Waals surface area contributed by atoms with E-state index < -0.39 is 5.41 Å². The summed E-state index contributed by atoms with van der Waals surface area (Å²) in [5, 5.41) is 7.43. The maximum atomic E-state index is 2.47. The SMILES string of the molecule is c1ccc(N(c2ccc(-c3cccc(-c4ccc5c(c4)c4ccccc4n5-c4ccc5c(c4)C(c4ccccc4)(c4ccccc4)c4ccccc4-5)c3)cc2)c2cc3ccccc3c3ccccc23)cc1. The number of hydrogen-bond acceptors (Lipinski definition) is 1. The summed E-state index contributed by atoms with van der Waals surface area (Å²) in [5.41, 5.74) is 18.9. The summed E-state index contributed by atoms with van der Waals surface area (Å²) in [6, 6.07) is 103. The third-order valence-corrected chi connectivity index (χ3v) is 15.0. The minimum absolute atomic E-state index is 0.477. The Kier molecular flexibility index (Phi) is 9.47. The molecule has 0 amide bonds. The number of nitrogens with zero attached hydrogens (tertiary/aromatic N) is 2. The van der Waals surface area contributed by atoms with Gasteiger partial charge >= 0.3 is 0 Å². The lowest BCUT2D eigenvalue weighted by molar-refractivity contribution is 0.767. The zero-order valence-electron chi connectivity index (χ0n) is 39.0. The number of para-hydroxylation sites is 2. The Hall–Kier alpha value is -9.24. The van der Waals surface area contributed by atoms with Crippen LogP contribution in [0.5, 0.6) is 0 Å². The molecule has 332 valence electrons. The van der Waals surface area contributed by atoms with Crippen LogP contribution in [0.4, 0.5) is 17.1 Å². The molecule has 1 aliphatic rings. The summed E-state index contributed by atoms with van der Waals surface area (Å²) in [6.07, 6.45) is 0. The van der Waals surface area contributed by atoms with Gasteiger partial charge in [-0.2, -0.15) is 0 Å². The van der Waals surface area contributed by atoms with Crippen LogP contribution in [0.25, 0.3) is 82.4 Å². The zero-order valence-corrected chi connectivity index (χ0v) is 39.0. The highest BCUT2D eigenvalue weighted by Crippen LogP contribution is 2.56. The van der Waals surface area contributed by atoms with E-state index in [-0.39, 0.29) is 0 Å². The molecule has 2 nitrogen and oxygen atoms in total. The van der Waals surface area contributed by atoms with Crippen LogP contribution in [0.15, 0.2) is 279 Å². The first-order chi connectivity index (χ1) is 35.2. The van der Waals surface area contributed by atoms with Gasteiger partial charge in [0, 0.05) is 33.2 Å². The largest absolute Gasteiger partial charge is 0.310 e. The monoisotopic (exact) mass is 902 g/mol. The lowest BCUT2D eigenvalue weighted by Crippen LogP contribution is -2.28. The van der Waals surface area contributed by atoms with Crippen LogP contribution in [0, 0.1) is 0 Å². The van der Waals surface area contributed by atoms with E-state index in [0.29, 0.717) is 0 Å². The minimum Gasteiger partial charge on any atom is -0.310 e. The van der Waals surface area contributed by atoms with Gasteiger partial charge in [0.05, 0.1) is 22.1 Å². The molecule has 0 fully saturated rings. The van der Waals surface area contributed by atoms with E-state index in [2.05, 4.69) is 289 Å². The number of benzene rings is 12. The highest BCUT2D eigenvalue weighted by molar-refractivity contribution is 6.15. The van der Waals surface area contributed by atoms with E-state index in [1.807, 2.05) is 0 Å². The second kappa shape index (κ2) is 16.5. The number of hydrogen-bond donors (Lipinski definition) is 0. The van der Waals surface area contributed by atoms with Crippen molar-refractivity contribution in [3.63, 3.8) is 0 Å². The van der Waals surface area contributed by atoms with Crippen molar-refractivity contribution in [3.8, 4) is 39.1 Å². The Labute approximate surface area is 413 Å². The Morgan fingerprint density at radius 1 is 0.296 bits per heavy atom. The molecule has 14 rings (SSSR count). The molecular weight excluding hydrogens is 857 g/mol. The third-order valence-electron chi connectivity index (χ3n) is 15.0. The molecule has 1 aliphatic carbocycles. The molecule has 0 saturated heterocycles. The van der Waals surface area contributed by atoms with Crippen LogP contribution in [-0.2, 0) is 5.41 Å². The van der Waals surface area contributed by atoms with Gasteiger partial charge in [-0.3, -0.25) is 0 Å². The Balaban J connectivity index is 0.858. The molecule has 0 bridgehead atoms. The van der Waals surface area contributed by atoms with Crippen LogP contribution < -0.4 is 4.90 Å². The molecule has 0 unspecified atom stereocenters. The number of fused-ring (bicyclic) bond motifs is 9. The molecule has 0 radical (unpaired) electrons. The molecule has 0 spiro atoms. The maximum absolute atomic E-state index is 2.47. The number of rotatable bonds is 8. The van der Waals surface area contributed by atoms with Crippen molar-refractivity contribution >= 4 is 60.4 Å². The third kappa shape index (κ3) is 6.42. The first-order valence-corrected chi connectivity index (χ1v) is 24.6. The normalized spacial score (nSPS) is 12.6. The molecule has 71 heavy (non-hydrogen) atoms. The highest BCUT2D eigenvalue weighted by atomic mass is 15.1. The van der Waals surface area contributed by atoms with Crippen molar-refractivity contribution in [1.29, 1.82) is 0 Å². The second-order valence-corrected chi connectivity index (χ2v) is 18.8. The lowest BCUT2D eigenvalue weighted by Gasteiger charge is -2.34. The topological polar surface area (TPSA) is 8.17 Å². The predicted molar refractivity (Wildman–Crippen MR) is 299 cm³/mol. The lowest BCUT2D eigenvalue weighted by atomic mass is 9.67. The maximum Gasteiger partial charge on any atom is 0.0714 e. The Morgan fingerprint density at radius 2 is 0.845 bits per heavy atom. The standard InChI is InChI=1S/C69H46N2/c1-4-22-52(23-5-1)69(53-24-6-2-7-25-53)64-33-16-14-30-59(64)60-41-40-56(46-65(60)69)71-66-34-17-15-32-62(66)63-44-50(37-42-67(63)71)49-21-18-20-48(43-49)47-35-38-55(39-36-47)70(54-26-8-3-9-27-54)68-45-51-19-10-11-28-57(51)58-29-12-13-31-61(58)68/h1-46H. The number of anilines is 3. The van der Waals surface area contributed by atoms with E-state index in [1.54, 1.807) is 0 Å². The first-order valence-electron chi connectivity index (χ1n) is 24.6. The van der Waals surface area contributed by atoms with E-state index in [4.69, 9.17) is 0 Å². The molecular formula is C69H46N2. The molecule has 13 aromatic rings. The van der Waals surface area contributed by atoms with E-state index >= 15 is 0 Å². The van der Waals surface area contributed by atoms with Gasteiger partial charge in [-0.1, -0.05) is 212 Å². The molecule has 0 N–H and O–H groups in total. The molecule has 0 saturated carbocycles. The van der Waals surface area contributed by atoms with Gasteiger partial charge in [-0.25, -0.2) is 0 Å². The van der Waals surface area contributed by atoms with E-state index in [0.717, 1.165) is 22.7 Å². The van der Waals surface area contributed by atoms with E-state index in [9.17, 15) is 0 Å². The summed E-state index contributed by atoms with van der Waals surface area (Å²) in [4.78, 5) is 2.39. The summed E-state index contributed by atoms with van der Waals surface area (Å²) < 4.78 is 2.47. The van der Waals surface area contributed by atoms with Gasteiger partial charge in [-0.15, -0.1) is 0 Å². The summed E-state index contributed by atoms with van der Waals surface area (Å²) in [6.45, 7) is 0. The minimum atomic E-state index is -0.477. The fraction of sp³-hybridized carbons (Fsp3) is 0.0145. The van der Waals surface area contributed by atoms with Gasteiger partial charge < -0.3 is 9.47 Å². The number of aromatic nitrogens is 1. The van der Waals surface area contributed by atoms with Crippen molar-refractivity contribution in [2.24, 2.45) is 0 Å². The average Bonchev–Trinajstić information content (AvgIpc) is 3.94. The molecule has 0 atom stereocenters. The average molecular weight is 903 g/mol. The summed E-state index contributed by atoms with van der Waals surface area (Å²) in [5.74, 6) is 0. The van der Waals surface area contributed by atoms with Gasteiger partial charge in [0.25, 0.3) is 0 Å². The fourth-order valence-electron chi connectivity index (χ4n) is 11.9. The van der Waals surface area contributed by atoms with Crippen molar-refractivity contribution in [2.75, 3.05) is 4.90 Å². The Bertz CT molecular complexity index is 4110. The quantitative estimate of drug-likeness (QED) is 0.138. The Morgan fingerprint density at radius 3 is 1.61 bits per heavy atom. The van der Waals surface area contributed by atoms with Crippen LogP contribution in [0.3, 0.4) is 0 Å². The highest BCUT2D eigenvalue weighted by Gasteiger charge is 2.46. The van der Waals surface area contributed by atoms with E-state index in [1.165, 1.54) is 99.0 Å². The summed E-state index contributed by atoms with van der Waals surface area (Å²) in [7, 11) is 0. The van der Waals surface area contributed by atoms with Crippen LogP contribution >= 0.6 is 0 Å². The smallest absolute Gasteiger partial charge is 0.0714 e. The van der Waals surface area contributed by atoms with Crippen molar-refractivity contribution in [2.45, 2.75) is 5.41 Å². The molecule has 2 heteroatoms. The summed E-state index contributed by atoms with van der Waals surface area (Å²) >= 11 is 0. The van der Waals surface area contributed by atoms with Crippen molar-refractivity contribution in [3.05, 3.63) is 301 Å². The molecule has 1 heterocycles. The predicted octanol–water partition coefficient (Wildman–Crippen LogP) is 18.3. The molecule has 0 aliphatic heterocycles. The zero-order chi connectivity index (χ0) is 46.9. The second-order valence-electron chi connectivity index (χ2n) is 18.8. The van der Waals surface area contributed by atoms with Crippen LogP contribution in [-0.4, -0.2) is 4.57 Å². The van der Waals surface area contributed by atoms with Gasteiger partial charge in [0.15, 0.2) is 0 Å². The van der Waals surface area contributed by atoms with Gasteiger partial charge in [0.2, 0.25) is 0 Å². The van der Waals surface area contributed by atoms with Gasteiger partial charge in [0.1, 0.15) is 0 Å². The van der Waals surface area contributed by atoms with Crippen LogP contribution in [0.2, 0.25) is 0 Å². The fourth-order valence-corrected chi connectivity index (χ4v) is 11.9. The first kappa shape index (κ1) is 40.8. The van der Waals surface area contributed by atoms with Crippen molar-refractivity contribution < 1.29 is 0 Å². The molecule has 12 aromatic carbocycles.